The van der Waals surface area contributed by atoms with E-state index in [1.165, 1.54) is 17.4 Å². The molecule has 1 aliphatic carbocycles. The van der Waals surface area contributed by atoms with Crippen molar-refractivity contribution < 1.29 is 8.42 Å². The van der Waals surface area contributed by atoms with Crippen molar-refractivity contribution in [2.45, 2.75) is 20.3 Å². The van der Waals surface area contributed by atoms with Crippen molar-refractivity contribution >= 4 is 9.84 Å². The zero-order chi connectivity index (χ0) is 10.1. The van der Waals surface area contributed by atoms with Crippen molar-refractivity contribution in [1.82, 2.24) is 0 Å². The Bertz CT molecular complexity index is 391. The average Bonchev–Trinajstić information content (AvgIpc) is 2.03. The van der Waals surface area contributed by atoms with E-state index >= 15 is 0 Å². The fourth-order valence-corrected chi connectivity index (χ4v) is 1.88. The van der Waals surface area contributed by atoms with Gasteiger partial charge in [0.25, 0.3) is 0 Å². The fourth-order valence-electron chi connectivity index (χ4n) is 1.18. The molecule has 0 atom stereocenters. The zero-order valence-corrected chi connectivity index (χ0v) is 8.98. The standard InChI is InChI=1S/C10H14O2S/c1-8(2)9-4-6-10(7-5-9)13(3,11)12/h4,6-7H,5H2,1-3H3. The number of allylic oxidation sites excluding steroid dienone is 5. The highest BCUT2D eigenvalue weighted by Gasteiger charge is 2.11. The zero-order valence-electron chi connectivity index (χ0n) is 8.16. The SMILES string of the molecule is CC(C)=C1C=CC(S(C)(=O)=O)=CC1. The van der Waals surface area contributed by atoms with Gasteiger partial charge in [-0.15, -0.1) is 0 Å². The molecule has 13 heavy (non-hydrogen) atoms. The first-order chi connectivity index (χ1) is 5.91. The van der Waals surface area contributed by atoms with Crippen LogP contribution in [0.4, 0.5) is 0 Å². The van der Waals surface area contributed by atoms with Crippen LogP contribution >= 0.6 is 0 Å². The van der Waals surface area contributed by atoms with Crippen molar-refractivity contribution in [2.75, 3.05) is 6.26 Å². The van der Waals surface area contributed by atoms with Crippen molar-refractivity contribution in [3.05, 3.63) is 34.3 Å². The summed E-state index contributed by atoms with van der Waals surface area (Å²) in [5.74, 6) is 0. The fraction of sp³-hybridized carbons (Fsp3) is 0.400. The van der Waals surface area contributed by atoms with Gasteiger partial charge in [0.15, 0.2) is 9.84 Å². The van der Waals surface area contributed by atoms with Crippen LogP contribution in [-0.4, -0.2) is 14.7 Å². The van der Waals surface area contributed by atoms with E-state index in [2.05, 4.69) is 0 Å². The highest BCUT2D eigenvalue weighted by Crippen LogP contribution is 2.21. The maximum atomic E-state index is 11.1. The highest BCUT2D eigenvalue weighted by molar-refractivity contribution is 7.94. The minimum Gasteiger partial charge on any atom is -0.224 e. The Labute approximate surface area is 79.6 Å². The third-order valence-corrected chi connectivity index (χ3v) is 3.20. The van der Waals surface area contributed by atoms with Gasteiger partial charge in [-0.1, -0.05) is 17.7 Å². The Morgan fingerprint density at radius 1 is 1.31 bits per heavy atom. The van der Waals surface area contributed by atoms with Crippen molar-refractivity contribution in [3.8, 4) is 0 Å². The molecule has 0 aromatic heterocycles. The minimum atomic E-state index is -3.02. The molecule has 1 aliphatic rings. The molecule has 0 spiro atoms. The molecule has 0 N–H and O–H groups in total. The first kappa shape index (κ1) is 10.3. The molecule has 2 nitrogen and oxygen atoms in total. The van der Waals surface area contributed by atoms with Gasteiger partial charge < -0.3 is 0 Å². The lowest BCUT2D eigenvalue weighted by atomic mass is 10.0. The number of sulfone groups is 1. The third-order valence-electron chi connectivity index (χ3n) is 2.04. The molecule has 0 aromatic carbocycles. The molecule has 72 valence electrons. The lowest BCUT2D eigenvalue weighted by molar-refractivity contribution is 0.608. The second kappa shape index (κ2) is 3.50. The van der Waals surface area contributed by atoms with Gasteiger partial charge in [0.2, 0.25) is 0 Å². The molecule has 0 aromatic rings. The molecule has 3 heteroatoms. The van der Waals surface area contributed by atoms with Gasteiger partial charge in [0.1, 0.15) is 0 Å². The van der Waals surface area contributed by atoms with E-state index in [1.807, 2.05) is 19.9 Å². The molecule has 0 fully saturated rings. The summed E-state index contributed by atoms with van der Waals surface area (Å²) < 4.78 is 22.3. The molecule has 0 radical (unpaired) electrons. The van der Waals surface area contributed by atoms with Crippen LogP contribution in [0.1, 0.15) is 20.3 Å². The molecule has 0 heterocycles. The predicted molar refractivity (Wildman–Crippen MR) is 55.1 cm³/mol. The van der Waals surface area contributed by atoms with Gasteiger partial charge in [-0.25, -0.2) is 8.42 Å². The molecule has 0 aliphatic heterocycles. The normalized spacial score (nSPS) is 17.2. The maximum absolute atomic E-state index is 11.1. The predicted octanol–water partition coefficient (Wildman–Crippen LogP) is 2.21. The average molecular weight is 198 g/mol. The Morgan fingerprint density at radius 2 is 1.92 bits per heavy atom. The molecule has 0 amide bonds. The monoisotopic (exact) mass is 198 g/mol. The summed E-state index contributed by atoms with van der Waals surface area (Å²) in [5.41, 5.74) is 2.44. The van der Waals surface area contributed by atoms with Crippen LogP contribution in [0, 0.1) is 0 Å². The summed E-state index contributed by atoms with van der Waals surface area (Å²) in [7, 11) is -3.02. The van der Waals surface area contributed by atoms with Gasteiger partial charge in [-0.3, -0.25) is 0 Å². The Balaban J connectivity index is 2.96. The molecule has 0 saturated carbocycles. The smallest absolute Gasteiger partial charge is 0.175 e. The van der Waals surface area contributed by atoms with Gasteiger partial charge in [0.05, 0.1) is 4.91 Å². The van der Waals surface area contributed by atoms with Crippen molar-refractivity contribution in [1.29, 1.82) is 0 Å². The minimum absolute atomic E-state index is 0.428. The van der Waals surface area contributed by atoms with E-state index in [0.29, 0.717) is 4.91 Å². The van der Waals surface area contributed by atoms with E-state index in [0.717, 1.165) is 6.42 Å². The van der Waals surface area contributed by atoms with E-state index < -0.39 is 9.84 Å². The molecular weight excluding hydrogens is 184 g/mol. The van der Waals surface area contributed by atoms with Gasteiger partial charge in [0, 0.05) is 6.26 Å². The lowest BCUT2D eigenvalue weighted by Gasteiger charge is -2.08. The van der Waals surface area contributed by atoms with E-state index in [1.54, 1.807) is 12.2 Å². The first-order valence-corrected chi connectivity index (χ1v) is 6.05. The van der Waals surface area contributed by atoms with Crippen LogP contribution in [0.2, 0.25) is 0 Å². The lowest BCUT2D eigenvalue weighted by Crippen LogP contribution is -2.01. The molecule has 1 rings (SSSR count). The van der Waals surface area contributed by atoms with E-state index in [4.69, 9.17) is 0 Å². The van der Waals surface area contributed by atoms with Crippen LogP contribution in [-0.2, 0) is 9.84 Å². The molecular formula is C10H14O2S. The summed E-state index contributed by atoms with van der Waals surface area (Å²) in [4.78, 5) is 0.428. The summed E-state index contributed by atoms with van der Waals surface area (Å²) in [6.07, 6.45) is 7.27. The first-order valence-electron chi connectivity index (χ1n) is 4.16. The second-order valence-electron chi connectivity index (χ2n) is 3.44. The highest BCUT2D eigenvalue weighted by atomic mass is 32.2. The van der Waals surface area contributed by atoms with Crippen molar-refractivity contribution in [3.63, 3.8) is 0 Å². The van der Waals surface area contributed by atoms with Crippen LogP contribution in [0.5, 0.6) is 0 Å². The quantitative estimate of drug-likeness (QED) is 0.647. The number of hydrogen-bond donors (Lipinski definition) is 0. The Hall–Kier alpha value is -0.830. The van der Waals surface area contributed by atoms with E-state index in [9.17, 15) is 8.42 Å². The van der Waals surface area contributed by atoms with Gasteiger partial charge in [-0.2, -0.15) is 0 Å². The van der Waals surface area contributed by atoms with Crippen LogP contribution in [0.25, 0.3) is 0 Å². The number of rotatable bonds is 1. The summed E-state index contributed by atoms with van der Waals surface area (Å²) in [5, 5.41) is 0. The molecule has 0 saturated heterocycles. The Morgan fingerprint density at radius 3 is 2.23 bits per heavy atom. The molecule has 0 unspecified atom stereocenters. The Kier molecular flexibility index (Phi) is 2.76. The van der Waals surface area contributed by atoms with Crippen LogP contribution < -0.4 is 0 Å². The number of hydrogen-bond acceptors (Lipinski definition) is 2. The van der Waals surface area contributed by atoms with Crippen LogP contribution in [0.3, 0.4) is 0 Å². The van der Waals surface area contributed by atoms with Gasteiger partial charge in [-0.05, 0) is 31.9 Å². The largest absolute Gasteiger partial charge is 0.224 e. The molecule has 0 bridgehead atoms. The second-order valence-corrected chi connectivity index (χ2v) is 5.46. The summed E-state index contributed by atoms with van der Waals surface area (Å²) >= 11 is 0. The maximum Gasteiger partial charge on any atom is 0.175 e. The van der Waals surface area contributed by atoms with E-state index in [-0.39, 0.29) is 0 Å². The van der Waals surface area contributed by atoms with Crippen molar-refractivity contribution in [2.24, 2.45) is 0 Å². The third kappa shape index (κ3) is 2.56. The summed E-state index contributed by atoms with van der Waals surface area (Å²) in [6, 6.07) is 0. The summed E-state index contributed by atoms with van der Waals surface area (Å²) in [6.45, 7) is 4.05. The van der Waals surface area contributed by atoms with Gasteiger partial charge >= 0.3 is 0 Å². The van der Waals surface area contributed by atoms with Crippen LogP contribution in [0.15, 0.2) is 34.3 Å². The topological polar surface area (TPSA) is 34.1 Å².